The number of urea groups is 1. The Balaban J connectivity index is 1.50. The minimum absolute atomic E-state index is 0.00520. The molecule has 2 heterocycles. The first-order valence-corrected chi connectivity index (χ1v) is 9.29. The van der Waals surface area contributed by atoms with Gasteiger partial charge >= 0.3 is 6.03 Å². The number of hydrogen-bond acceptors (Lipinski definition) is 2. The first-order valence-electron chi connectivity index (χ1n) is 9.29. The zero-order valence-electron chi connectivity index (χ0n) is 14.6. The Morgan fingerprint density at radius 1 is 1.28 bits per heavy atom. The molecule has 2 aromatic rings. The number of H-pyrrole nitrogens is 1. The number of fused-ring (bicyclic) bond motifs is 2. The molecule has 1 aromatic heterocycles. The van der Waals surface area contributed by atoms with Crippen molar-refractivity contribution >= 4 is 16.9 Å². The first-order chi connectivity index (χ1) is 12.1. The second kappa shape index (κ2) is 6.54. The predicted octanol–water partition coefficient (Wildman–Crippen LogP) is 3.25. The normalized spacial score (nSPS) is 25.8. The van der Waals surface area contributed by atoms with Crippen LogP contribution in [0.2, 0.25) is 0 Å². The number of pyridine rings is 1. The maximum Gasteiger partial charge on any atom is 0.317 e. The molecule has 1 saturated heterocycles. The van der Waals surface area contributed by atoms with E-state index in [4.69, 9.17) is 0 Å². The number of likely N-dealkylation sites (tertiary alicyclic amines) is 1. The quantitative estimate of drug-likeness (QED) is 0.882. The molecule has 25 heavy (non-hydrogen) atoms. The lowest BCUT2D eigenvalue weighted by molar-refractivity contribution is 0.168. The van der Waals surface area contributed by atoms with Gasteiger partial charge in [0.1, 0.15) is 0 Å². The topological polar surface area (TPSA) is 65.2 Å². The largest absolute Gasteiger partial charge is 0.334 e. The molecule has 4 rings (SSSR count). The molecule has 5 nitrogen and oxygen atoms in total. The van der Waals surface area contributed by atoms with Gasteiger partial charge in [-0.15, -0.1) is 0 Å². The molecule has 1 aliphatic heterocycles. The lowest BCUT2D eigenvalue weighted by Gasteiger charge is -2.32. The summed E-state index contributed by atoms with van der Waals surface area (Å²) in [6, 6.07) is 9.68. The van der Waals surface area contributed by atoms with Crippen molar-refractivity contribution in [2.24, 2.45) is 11.8 Å². The van der Waals surface area contributed by atoms with E-state index in [9.17, 15) is 9.59 Å². The number of aromatic nitrogens is 1. The summed E-state index contributed by atoms with van der Waals surface area (Å²) in [5.41, 5.74) is 1.53. The third-order valence-corrected chi connectivity index (χ3v) is 5.92. The van der Waals surface area contributed by atoms with E-state index in [0.717, 1.165) is 29.4 Å². The van der Waals surface area contributed by atoms with Crippen LogP contribution in [0.25, 0.3) is 10.9 Å². The van der Waals surface area contributed by atoms with Gasteiger partial charge < -0.3 is 15.2 Å². The maximum atomic E-state index is 12.8. The first kappa shape index (κ1) is 16.2. The Kier molecular flexibility index (Phi) is 4.24. The Morgan fingerprint density at radius 3 is 2.96 bits per heavy atom. The van der Waals surface area contributed by atoms with Crippen molar-refractivity contribution in [3.63, 3.8) is 0 Å². The number of nitrogens with one attached hydrogen (secondary N) is 2. The average Bonchev–Trinajstić information content (AvgIpc) is 2.96. The molecule has 2 fully saturated rings. The van der Waals surface area contributed by atoms with Crippen molar-refractivity contribution in [2.45, 2.75) is 45.2 Å². The van der Waals surface area contributed by atoms with Crippen LogP contribution in [0.1, 0.15) is 38.2 Å². The molecular weight excluding hydrogens is 314 g/mol. The van der Waals surface area contributed by atoms with Crippen molar-refractivity contribution in [3.8, 4) is 0 Å². The Bertz CT molecular complexity index is 844. The Labute approximate surface area is 147 Å². The van der Waals surface area contributed by atoms with Crippen LogP contribution in [0.5, 0.6) is 0 Å². The standard InChI is InChI=1S/C20H25N3O2/c1-13-12-23(18-9-5-3-6-15(13)18)20(25)21-11-14-10-19(24)22-17-8-4-2-7-16(14)17/h2,4,7-8,10,13,15,18H,3,5-6,9,11-12H2,1H3,(H,21,25)(H,22,24). The van der Waals surface area contributed by atoms with Crippen molar-refractivity contribution in [1.82, 2.24) is 15.2 Å². The average molecular weight is 339 g/mol. The summed E-state index contributed by atoms with van der Waals surface area (Å²) < 4.78 is 0. The summed E-state index contributed by atoms with van der Waals surface area (Å²) in [5.74, 6) is 1.23. The molecule has 1 saturated carbocycles. The highest BCUT2D eigenvalue weighted by molar-refractivity contribution is 5.82. The number of rotatable bonds is 2. The lowest BCUT2D eigenvalue weighted by atomic mass is 9.80. The lowest BCUT2D eigenvalue weighted by Crippen LogP contribution is -2.44. The number of aromatic amines is 1. The van der Waals surface area contributed by atoms with Crippen LogP contribution < -0.4 is 10.9 Å². The van der Waals surface area contributed by atoms with Gasteiger partial charge in [-0.3, -0.25) is 4.79 Å². The minimum atomic E-state index is -0.134. The van der Waals surface area contributed by atoms with Crippen molar-refractivity contribution in [1.29, 1.82) is 0 Å². The van der Waals surface area contributed by atoms with Gasteiger partial charge in [0, 0.05) is 36.1 Å². The van der Waals surface area contributed by atoms with E-state index < -0.39 is 0 Å². The molecule has 3 unspecified atom stereocenters. The summed E-state index contributed by atoms with van der Waals surface area (Å²) in [4.78, 5) is 29.5. The minimum Gasteiger partial charge on any atom is -0.334 e. The number of benzene rings is 1. The van der Waals surface area contributed by atoms with Gasteiger partial charge in [0.15, 0.2) is 0 Å². The second-order valence-electron chi connectivity index (χ2n) is 7.51. The molecule has 2 amide bonds. The van der Waals surface area contributed by atoms with E-state index in [1.807, 2.05) is 29.2 Å². The van der Waals surface area contributed by atoms with Crippen LogP contribution in [0.4, 0.5) is 4.79 Å². The van der Waals surface area contributed by atoms with Gasteiger partial charge in [-0.2, -0.15) is 0 Å². The number of carbonyl (C=O) groups excluding carboxylic acids is 1. The van der Waals surface area contributed by atoms with Gasteiger partial charge in [0.2, 0.25) is 5.56 Å². The van der Waals surface area contributed by atoms with Crippen molar-refractivity contribution in [2.75, 3.05) is 6.54 Å². The molecule has 0 radical (unpaired) electrons. The Morgan fingerprint density at radius 2 is 2.08 bits per heavy atom. The van der Waals surface area contributed by atoms with Crippen LogP contribution in [-0.2, 0) is 6.54 Å². The smallest absolute Gasteiger partial charge is 0.317 e. The molecule has 2 aliphatic rings. The molecule has 132 valence electrons. The molecule has 2 N–H and O–H groups in total. The number of para-hydroxylation sites is 1. The fourth-order valence-corrected chi connectivity index (χ4v) is 4.70. The van der Waals surface area contributed by atoms with Gasteiger partial charge in [-0.05, 0) is 36.3 Å². The third kappa shape index (κ3) is 3.03. The fraction of sp³-hybridized carbons (Fsp3) is 0.500. The molecule has 5 heteroatoms. The number of hydrogen-bond donors (Lipinski definition) is 2. The predicted molar refractivity (Wildman–Crippen MR) is 98.4 cm³/mol. The molecule has 1 aliphatic carbocycles. The van der Waals surface area contributed by atoms with E-state index in [2.05, 4.69) is 17.2 Å². The van der Waals surface area contributed by atoms with Crippen LogP contribution in [0.15, 0.2) is 35.1 Å². The van der Waals surface area contributed by atoms with Gasteiger partial charge in [0.05, 0.1) is 0 Å². The number of amides is 2. The molecule has 0 bridgehead atoms. The maximum absolute atomic E-state index is 12.8. The summed E-state index contributed by atoms with van der Waals surface area (Å²) in [6.45, 7) is 3.49. The Hall–Kier alpha value is -2.30. The van der Waals surface area contributed by atoms with Crippen LogP contribution >= 0.6 is 0 Å². The zero-order valence-corrected chi connectivity index (χ0v) is 14.6. The summed E-state index contributed by atoms with van der Waals surface area (Å²) >= 11 is 0. The third-order valence-electron chi connectivity index (χ3n) is 5.92. The fourth-order valence-electron chi connectivity index (χ4n) is 4.70. The zero-order chi connectivity index (χ0) is 17.4. The van der Waals surface area contributed by atoms with Crippen molar-refractivity contribution < 1.29 is 4.79 Å². The molecule has 0 spiro atoms. The molecule has 1 aromatic carbocycles. The monoisotopic (exact) mass is 339 g/mol. The highest BCUT2D eigenvalue weighted by Gasteiger charge is 2.42. The van der Waals surface area contributed by atoms with E-state index in [-0.39, 0.29) is 11.6 Å². The summed E-state index contributed by atoms with van der Waals surface area (Å²) in [6.07, 6.45) is 4.88. The number of carbonyl (C=O) groups is 1. The SMILES string of the molecule is CC1CN(C(=O)NCc2cc(=O)[nH]c3ccccc23)C2CCCCC12. The van der Waals surface area contributed by atoms with E-state index in [1.54, 1.807) is 6.07 Å². The summed E-state index contributed by atoms with van der Waals surface area (Å²) in [5, 5.41) is 4.03. The van der Waals surface area contributed by atoms with Gasteiger partial charge in [-0.25, -0.2) is 4.79 Å². The van der Waals surface area contributed by atoms with Crippen molar-refractivity contribution in [3.05, 3.63) is 46.2 Å². The van der Waals surface area contributed by atoms with Crippen LogP contribution in [-0.4, -0.2) is 28.5 Å². The van der Waals surface area contributed by atoms with E-state index in [1.165, 1.54) is 19.3 Å². The van der Waals surface area contributed by atoms with Gasteiger partial charge in [-0.1, -0.05) is 38.0 Å². The highest BCUT2D eigenvalue weighted by Crippen LogP contribution is 2.39. The molecular formula is C20H25N3O2. The van der Waals surface area contributed by atoms with Crippen LogP contribution in [0.3, 0.4) is 0 Å². The highest BCUT2D eigenvalue weighted by atomic mass is 16.2. The molecule has 3 atom stereocenters. The van der Waals surface area contributed by atoms with E-state index in [0.29, 0.717) is 24.4 Å². The second-order valence-corrected chi connectivity index (χ2v) is 7.51. The van der Waals surface area contributed by atoms with Gasteiger partial charge in [0.25, 0.3) is 0 Å². The van der Waals surface area contributed by atoms with E-state index >= 15 is 0 Å². The summed E-state index contributed by atoms with van der Waals surface area (Å²) in [7, 11) is 0. The number of nitrogens with zero attached hydrogens (tertiary/aromatic N) is 1. The van der Waals surface area contributed by atoms with Crippen LogP contribution in [0, 0.1) is 11.8 Å².